The summed E-state index contributed by atoms with van der Waals surface area (Å²) in [4.78, 5) is 68.1. The largest absolute Gasteiger partial charge is 0.468 e. The lowest BCUT2D eigenvalue weighted by Crippen LogP contribution is -2.51. The number of ether oxygens (including phenoxy) is 3. The van der Waals surface area contributed by atoms with E-state index in [4.69, 9.17) is 14.2 Å². The molecule has 1 saturated heterocycles. The van der Waals surface area contributed by atoms with Crippen molar-refractivity contribution in [3.05, 3.63) is 108 Å². The Balaban J connectivity index is 1.18. The molecule has 1 fully saturated rings. The average molecular weight is 809 g/mol. The third-order valence-corrected chi connectivity index (χ3v) is 10.5. The van der Waals surface area contributed by atoms with Crippen LogP contribution in [0, 0.1) is 17.8 Å². The summed E-state index contributed by atoms with van der Waals surface area (Å²) in [6.45, 7) is 10.3. The molecule has 0 aromatic heterocycles. The molecule has 1 aliphatic heterocycles. The maximum atomic E-state index is 14.3. The highest BCUT2D eigenvalue weighted by molar-refractivity contribution is 5.98. The Kier molecular flexibility index (Phi) is 15.7. The number of fused-ring (bicyclic) bond motifs is 3. The van der Waals surface area contributed by atoms with Crippen LogP contribution in [0.15, 0.2) is 91.0 Å². The number of rotatable bonds is 17. The molecule has 4 amide bonds. The van der Waals surface area contributed by atoms with Gasteiger partial charge in [0.15, 0.2) is 0 Å². The lowest BCUT2D eigenvalue weighted by atomic mass is 9.95. The van der Waals surface area contributed by atoms with E-state index in [0.717, 1.165) is 27.8 Å². The second kappa shape index (κ2) is 20.9. The van der Waals surface area contributed by atoms with Crippen molar-refractivity contribution in [2.24, 2.45) is 17.8 Å². The second-order valence-electron chi connectivity index (χ2n) is 16.7. The molecule has 3 aromatic carbocycles. The minimum absolute atomic E-state index is 0.0739. The van der Waals surface area contributed by atoms with E-state index in [1.807, 2.05) is 66.7 Å². The van der Waals surface area contributed by atoms with E-state index in [2.05, 4.69) is 54.1 Å². The van der Waals surface area contributed by atoms with Crippen LogP contribution in [0.1, 0.15) is 89.3 Å². The van der Waals surface area contributed by atoms with Gasteiger partial charge in [-0.05, 0) is 93.0 Å². The normalized spacial score (nSPS) is 16.5. The predicted molar refractivity (Wildman–Crippen MR) is 226 cm³/mol. The fraction of sp³-hybridized carbons (Fsp3) is 0.468. The van der Waals surface area contributed by atoms with Crippen LogP contribution >= 0.6 is 0 Å². The number of alkyl carbamates (subject to hydrolysis) is 2. The van der Waals surface area contributed by atoms with E-state index in [-0.39, 0.29) is 43.4 Å². The van der Waals surface area contributed by atoms with Crippen LogP contribution in [0.25, 0.3) is 11.1 Å². The number of likely N-dealkylation sites (tertiary alicyclic amines) is 1. The van der Waals surface area contributed by atoms with Crippen molar-refractivity contribution >= 4 is 30.0 Å². The Morgan fingerprint density at radius 3 is 2.14 bits per heavy atom. The van der Waals surface area contributed by atoms with Gasteiger partial charge in [-0.2, -0.15) is 0 Å². The number of hydrogen-bond donors (Lipinski definition) is 3. The quantitative estimate of drug-likeness (QED) is 0.0417. The van der Waals surface area contributed by atoms with Gasteiger partial charge in [0.1, 0.15) is 24.3 Å². The fourth-order valence-corrected chi connectivity index (χ4v) is 7.83. The van der Waals surface area contributed by atoms with Gasteiger partial charge in [0.2, 0.25) is 11.8 Å². The molecule has 0 saturated carbocycles. The number of carbonyl (C=O) groups excluding carboxylic acids is 5. The van der Waals surface area contributed by atoms with E-state index < -0.39 is 47.7 Å². The molecule has 12 heteroatoms. The summed E-state index contributed by atoms with van der Waals surface area (Å²) >= 11 is 0. The maximum absolute atomic E-state index is 14.3. The monoisotopic (exact) mass is 808 g/mol. The van der Waals surface area contributed by atoms with Gasteiger partial charge < -0.3 is 35.1 Å². The van der Waals surface area contributed by atoms with Crippen LogP contribution in [0.5, 0.6) is 0 Å². The van der Waals surface area contributed by atoms with E-state index >= 15 is 0 Å². The predicted octanol–water partition coefficient (Wildman–Crippen LogP) is 7.51. The van der Waals surface area contributed by atoms with Gasteiger partial charge in [0.25, 0.3) is 0 Å². The zero-order valence-electron chi connectivity index (χ0n) is 35.2. The summed E-state index contributed by atoms with van der Waals surface area (Å²) in [5, 5.41) is 8.65. The highest BCUT2D eigenvalue weighted by atomic mass is 16.6. The maximum Gasteiger partial charge on any atom is 0.408 e. The standard InChI is InChI=1S/C47H60N4O8/c1-31(2)28-34(49-46(56)59-47(3,4)5)25-24-33(29-32-16-8-7-9-17-32)43(53)51-27-15-23-41(51)50-42(52)39(44(54)57-6)22-14-26-48-45(55)58-30-40-37-20-12-10-18-35(37)36-19-11-13-21-38(36)40/h7-13,16-21,24-25,31,33-34,39-41H,14-15,22-23,26-30H2,1-6H3,(H,48,55)(H,49,56)(H,50,52)/b25-24+/t33-,34+,39?,41-/m0/s1. The second-order valence-corrected chi connectivity index (χ2v) is 16.7. The molecule has 4 atom stereocenters. The van der Waals surface area contributed by atoms with Gasteiger partial charge in [-0.3, -0.25) is 14.4 Å². The number of esters is 1. The molecule has 3 N–H and O–H groups in total. The van der Waals surface area contributed by atoms with E-state index in [1.54, 1.807) is 25.7 Å². The van der Waals surface area contributed by atoms with Gasteiger partial charge in [0, 0.05) is 19.0 Å². The molecule has 2 aliphatic rings. The Morgan fingerprint density at radius 1 is 0.864 bits per heavy atom. The first-order valence-electron chi connectivity index (χ1n) is 20.7. The Bertz CT molecular complexity index is 1900. The smallest absolute Gasteiger partial charge is 0.408 e. The summed E-state index contributed by atoms with van der Waals surface area (Å²) in [6, 6.07) is 25.5. The number of nitrogens with one attached hydrogen (secondary N) is 3. The minimum Gasteiger partial charge on any atom is -0.468 e. The van der Waals surface area contributed by atoms with Crippen LogP contribution in [0.4, 0.5) is 9.59 Å². The molecule has 12 nitrogen and oxygen atoms in total. The summed E-state index contributed by atoms with van der Waals surface area (Å²) in [5.41, 5.74) is 4.81. The molecule has 0 bridgehead atoms. The number of carbonyl (C=O) groups is 5. The first-order valence-corrected chi connectivity index (χ1v) is 20.7. The summed E-state index contributed by atoms with van der Waals surface area (Å²) in [6.07, 6.45) is 4.63. The number of amides is 4. The number of hydrogen-bond acceptors (Lipinski definition) is 8. The molecule has 0 spiro atoms. The minimum atomic E-state index is -1.14. The fourth-order valence-electron chi connectivity index (χ4n) is 7.83. The first-order chi connectivity index (χ1) is 28.2. The van der Waals surface area contributed by atoms with Gasteiger partial charge in [-0.25, -0.2) is 9.59 Å². The zero-order chi connectivity index (χ0) is 42.5. The Morgan fingerprint density at radius 2 is 1.51 bits per heavy atom. The van der Waals surface area contributed by atoms with E-state index in [1.165, 1.54) is 7.11 Å². The molecule has 0 radical (unpaired) electrons. The van der Waals surface area contributed by atoms with Gasteiger partial charge in [-0.15, -0.1) is 0 Å². The van der Waals surface area contributed by atoms with Crippen LogP contribution in [-0.4, -0.2) is 79.5 Å². The number of nitrogens with zero attached hydrogens (tertiary/aromatic N) is 1. The van der Waals surface area contributed by atoms with Crippen LogP contribution in [-0.2, 0) is 35.0 Å². The molecule has 59 heavy (non-hydrogen) atoms. The molecule has 316 valence electrons. The van der Waals surface area contributed by atoms with Gasteiger partial charge in [0.05, 0.1) is 19.1 Å². The lowest BCUT2D eigenvalue weighted by Gasteiger charge is -2.30. The van der Waals surface area contributed by atoms with Crippen LogP contribution in [0.2, 0.25) is 0 Å². The number of benzene rings is 3. The topological polar surface area (TPSA) is 152 Å². The van der Waals surface area contributed by atoms with Crippen molar-refractivity contribution in [1.29, 1.82) is 0 Å². The van der Waals surface area contributed by atoms with Crippen LogP contribution < -0.4 is 16.0 Å². The van der Waals surface area contributed by atoms with Crippen molar-refractivity contribution in [2.45, 2.75) is 96.9 Å². The first kappa shape index (κ1) is 44.5. The van der Waals surface area contributed by atoms with Crippen LogP contribution in [0.3, 0.4) is 0 Å². The van der Waals surface area contributed by atoms with Gasteiger partial charge >= 0.3 is 18.2 Å². The number of methoxy groups -OCH3 is 1. The molecule has 1 heterocycles. The summed E-state index contributed by atoms with van der Waals surface area (Å²) < 4.78 is 16.1. The average Bonchev–Trinajstić information content (AvgIpc) is 3.79. The third kappa shape index (κ3) is 12.7. The van der Waals surface area contributed by atoms with Crippen molar-refractivity contribution in [1.82, 2.24) is 20.9 Å². The SMILES string of the molecule is COC(=O)C(CCCNC(=O)OCC1c2ccccc2-c2ccccc21)C(=O)N[C@@H]1CCCN1C(=O)[C@@H](/C=C/[C@H](CC(C)C)NC(=O)OC(C)(C)C)Cc1ccccc1. The van der Waals surface area contributed by atoms with Crippen molar-refractivity contribution in [3.8, 4) is 11.1 Å². The van der Waals surface area contributed by atoms with Crippen molar-refractivity contribution in [2.75, 3.05) is 26.8 Å². The molecule has 3 aromatic rings. The molecular formula is C47H60N4O8. The van der Waals surface area contributed by atoms with Gasteiger partial charge in [-0.1, -0.05) is 105 Å². The van der Waals surface area contributed by atoms with Crippen molar-refractivity contribution < 1.29 is 38.2 Å². The Labute approximate surface area is 348 Å². The molecule has 5 rings (SSSR count). The van der Waals surface area contributed by atoms with E-state index in [9.17, 15) is 24.0 Å². The third-order valence-electron chi connectivity index (χ3n) is 10.5. The molecular weight excluding hydrogens is 749 g/mol. The zero-order valence-corrected chi connectivity index (χ0v) is 35.2. The van der Waals surface area contributed by atoms with Crippen molar-refractivity contribution in [3.63, 3.8) is 0 Å². The highest BCUT2D eigenvalue weighted by Crippen LogP contribution is 2.44. The molecule has 1 unspecified atom stereocenters. The highest BCUT2D eigenvalue weighted by Gasteiger charge is 2.37. The van der Waals surface area contributed by atoms with E-state index in [0.29, 0.717) is 38.6 Å². The summed E-state index contributed by atoms with van der Waals surface area (Å²) in [5.74, 6) is -2.96. The lowest BCUT2D eigenvalue weighted by molar-refractivity contribution is -0.151. The Hall–Kier alpha value is -5.65. The molecule has 1 aliphatic carbocycles. The summed E-state index contributed by atoms with van der Waals surface area (Å²) in [7, 11) is 1.23.